The maximum absolute atomic E-state index is 12.8. The molecule has 0 fully saturated rings. The Morgan fingerprint density at radius 2 is 1.60 bits per heavy atom. The van der Waals surface area contributed by atoms with Gasteiger partial charge in [0.2, 0.25) is 11.9 Å². The number of amides is 1. The van der Waals surface area contributed by atoms with Crippen molar-refractivity contribution >= 4 is 17.8 Å². The highest BCUT2D eigenvalue weighted by atomic mass is 19.1. The Balaban J connectivity index is 1.93. The number of rotatable bonds is 7. The number of halogens is 1. The highest BCUT2D eigenvalue weighted by Crippen LogP contribution is 2.11. The predicted octanol–water partition coefficient (Wildman–Crippen LogP) is 0.838. The van der Waals surface area contributed by atoms with Crippen LogP contribution in [0.1, 0.15) is 5.82 Å². The molecule has 1 heterocycles. The third-order valence-electron chi connectivity index (χ3n) is 3.09. The fraction of sp³-hybridized carbons (Fsp3) is 0.375. The van der Waals surface area contributed by atoms with E-state index in [4.69, 9.17) is 4.74 Å². The van der Waals surface area contributed by atoms with Gasteiger partial charge >= 0.3 is 0 Å². The Morgan fingerprint density at radius 1 is 1.04 bits per heavy atom. The third-order valence-corrected chi connectivity index (χ3v) is 3.09. The molecule has 0 aliphatic rings. The molecule has 0 spiro atoms. The van der Waals surface area contributed by atoms with Gasteiger partial charge in [-0.1, -0.05) is 0 Å². The maximum atomic E-state index is 12.8. The SMILES string of the molecule is CN(C)c1nc(CNC(=O)COc2ccc(F)cc2)nc(N(C)C)n1. The molecule has 8 nitrogen and oxygen atoms in total. The molecular formula is C16H21FN6O2. The van der Waals surface area contributed by atoms with Crippen LogP contribution in [-0.4, -0.2) is 55.7 Å². The average Bonchev–Trinajstić information content (AvgIpc) is 2.59. The molecule has 0 aliphatic heterocycles. The summed E-state index contributed by atoms with van der Waals surface area (Å²) in [6, 6.07) is 5.45. The second-order valence-corrected chi connectivity index (χ2v) is 5.66. The Bertz CT molecular complexity index is 695. The summed E-state index contributed by atoms with van der Waals surface area (Å²) in [4.78, 5) is 28.3. The maximum Gasteiger partial charge on any atom is 0.258 e. The Morgan fingerprint density at radius 3 is 2.12 bits per heavy atom. The van der Waals surface area contributed by atoms with Crippen LogP contribution in [-0.2, 0) is 11.3 Å². The molecule has 2 aromatic rings. The third kappa shape index (κ3) is 5.55. The van der Waals surface area contributed by atoms with Crippen LogP contribution in [0, 0.1) is 5.82 Å². The minimum atomic E-state index is -0.361. The topological polar surface area (TPSA) is 83.5 Å². The predicted molar refractivity (Wildman–Crippen MR) is 92.2 cm³/mol. The number of carbonyl (C=O) groups excluding carboxylic acids is 1. The van der Waals surface area contributed by atoms with Gasteiger partial charge in [-0.2, -0.15) is 15.0 Å². The van der Waals surface area contributed by atoms with Crippen molar-refractivity contribution in [3.05, 3.63) is 35.9 Å². The van der Waals surface area contributed by atoms with Crippen LogP contribution in [0.3, 0.4) is 0 Å². The van der Waals surface area contributed by atoms with Gasteiger partial charge in [0.05, 0.1) is 6.54 Å². The smallest absolute Gasteiger partial charge is 0.258 e. The van der Waals surface area contributed by atoms with Crippen LogP contribution in [0.4, 0.5) is 16.3 Å². The summed E-state index contributed by atoms with van der Waals surface area (Å²) in [5.41, 5.74) is 0. The Hall–Kier alpha value is -2.97. The highest BCUT2D eigenvalue weighted by Gasteiger charge is 2.11. The first-order valence-electron chi connectivity index (χ1n) is 7.60. The lowest BCUT2D eigenvalue weighted by atomic mass is 10.3. The van der Waals surface area contributed by atoms with Gasteiger partial charge in [0.1, 0.15) is 11.6 Å². The van der Waals surface area contributed by atoms with Crippen molar-refractivity contribution in [1.82, 2.24) is 20.3 Å². The summed E-state index contributed by atoms with van der Waals surface area (Å²) in [7, 11) is 7.31. The lowest BCUT2D eigenvalue weighted by Gasteiger charge is -2.16. The van der Waals surface area contributed by atoms with E-state index in [9.17, 15) is 9.18 Å². The molecular weight excluding hydrogens is 327 g/mol. The molecule has 1 N–H and O–H groups in total. The summed E-state index contributed by atoms with van der Waals surface area (Å²) < 4.78 is 18.1. The molecule has 0 aliphatic carbocycles. The van der Waals surface area contributed by atoms with E-state index < -0.39 is 0 Å². The Labute approximate surface area is 145 Å². The van der Waals surface area contributed by atoms with Crippen molar-refractivity contribution < 1.29 is 13.9 Å². The van der Waals surface area contributed by atoms with Crippen molar-refractivity contribution in [2.45, 2.75) is 6.54 Å². The van der Waals surface area contributed by atoms with Gasteiger partial charge in [-0.15, -0.1) is 0 Å². The van der Waals surface area contributed by atoms with Gasteiger partial charge in [-0.25, -0.2) is 4.39 Å². The molecule has 25 heavy (non-hydrogen) atoms. The molecule has 1 aromatic heterocycles. The monoisotopic (exact) mass is 348 g/mol. The molecule has 0 radical (unpaired) electrons. The van der Waals surface area contributed by atoms with E-state index in [-0.39, 0.29) is 24.9 Å². The minimum Gasteiger partial charge on any atom is -0.484 e. The number of aromatic nitrogens is 3. The van der Waals surface area contributed by atoms with E-state index in [0.29, 0.717) is 23.5 Å². The quantitative estimate of drug-likeness (QED) is 0.794. The highest BCUT2D eigenvalue weighted by molar-refractivity contribution is 5.77. The molecule has 0 unspecified atom stereocenters. The largest absolute Gasteiger partial charge is 0.484 e. The number of ether oxygens (including phenoxy) is 1. The minimum absolute atomic E-state index is 0.149. The number of benzene rings is 1. The first kappa shape index (κ1) is 18.4. The van der Waals surface area contributed by atoms with Crippen LogP contribution in [0.2, 0.25) is 0 Å². The second-order valence-electron chi connectivity index (χ2n) is 5.66. The van der Waals surface area contributed by atoms with Crippen LogP contribution >= 0.6 is 0 Å². The number of carbonyl (C=O) groups is 1. The summed E-state index contributed by atoms with van der Waals surface area (Å²) in [6.45, 7) is -0.0341. The van der Waals surface area contributed by atoms with Gasteiger partial charge in [0.25, 0.3) is 5.91 Å². The average molecular weight is 348 g/mol. The number of anilines is 2. The van der Waals surface area contributed by atoms with Gasteiger partial charge in [0.15, 0.2) is 12.4 Å². The summed E-state index contributed by atoms with van der Waals surface area (Å²) >= 11 is 0. The second kappa shape index (κ2) is 8.22. The summed E-state index contributed by atoms with van der Waals surface area (Å²) in [5.74, 6) is 1.18. The molecule has 0 saturated carbocycles. The zero-order valence-corrected chi connectivity index (χ0v) is 14.7. The van der Waals surface area contributed by atoms with Crippen LogP contribution < -0.4 is 19.9 Å². The summed E-state index contributed by atoms with van der Waals surface area (Å²) in [5, 5.41) is 2.69. The lowest BCUT2D eigenvalue weighted by Crippen LogP contribution is -2.30. The first-order valence-corrected chi connectivity index (χ1v) is 7.60. The first-order chi connectivity index (χ1) is 11.8. The van der Waals surface area contributed by atoms with Crippen molar-refractivity contribution in [3.8, 4) is 5.75 Å². The molecule has 0 saturated heterocycles. The fourth-order valence-electron chi connectivity index (χ4n) is 1.78. The standard InChI is InChI=1S/C16H21FN6O2/c1-22(2)15-19-13(20-16(21-15)23(3)4)9-18-14(24)10-25-12-7-5-11(17)6-8-12/h5-8H,9-10H2,1-4H3,(H,18,24). The van der Waals surface area contributed by atoms with Gasteiger partial charge < -0.3 is 19.9 Å². The molecule has 134 valence electrons. The molecule has 1 aromatic carbocycles. The lowest BCUT2D eigenvalue weighted by molar-refractivity contribution is -0.123. The zero-order chi connectivity index (χ0) is 18.4. The van der Waals surface area contributed by atoms with Gasteiger partial charge in [-0.05, 0) is 24.3 Å². The van der Waals surface area contributed by atoms with E-state index in [1.165, 1.54) is 24.3 Å². The van der Waals surface area contributed by atoms with Crippen LogP contribution in [0.25, 0.3) is 0 Å². The van der Waals surface area contributed by atoms with Gasteiger partial charge in [-0.3, -0.25) is 4.79 Å². The van der Waals surface area contributed by atoms with Crippen molar-refractivity contribution in [1.29, 1.82) is 0 Å². The van der Waals surface area contributed by atoms with Crippen molar-refractivity contribution in [2.24, 2.45) is 0 Å². The molecule has 2 rings (SSSR count). The molecule has 0 bridgehead atoms. The zero-order valence-electron chi connectivity index (χ0n) is 14.7. The van der Waals surface area contributed by atoms with E-state index in [2.05, 4.69) is 20.3 Å². The number of hydrogen-bond acceptors (Lipinski definition) is 7. The van der Waals surface area contributed by atoms with E-state index >= 15 is 0 Å². The number of nitrogens with one attached hydrogen (secondary N) is 1. The van der Waals surface area contributed by atoms with E-state index in [1.807, 2.05) is 28.2 Å². The summed E-state index contributed by atoms with van der Waals surface area (Å²) in [6.07, 6.45) is 0. The van der Waals surface area contributed by atoms with Crippen LogP contribution in [0.5, 0.6) is 5.75 Å². The molecule has 9 heteroatoms. The van der Waals surface area contributed by atoms with E-state index in [0.717, 1.165) is 0 Å². The van der Waals surface area contributed by atoms with Crippen molar-refractivity contribution in [2.75, 3.05) is 44.6 Å². The molecule has 0 atom stereocenters. The van der Waals surface area contributed by atoms with E-state index in [1.54, 1.807) is 9.80 Å². The number of hydrogen-bond donors (Lipinski definition) is 1. The molecule has 1 amide bonds. The fourth-order valence-corrected chi connectivity index (χ4v) is 1.78. The van der Waals surface area contributed by atoms with Crippen LogP contribution in [0.15, 0.2) is 24.3 Å². The number of nitrogens with zero attached hydrogens (tertiary/aromatic N) is 5. The normalized spacial score (nSPS) is 10.3. The van der Waals surface area contributed by atoms with Gasteiger partial charge in [0, 0.05) is 28.2 Å². The van der Waals surface area contributed by atoms with Crippen molar-refractivity contribution in [3.63, 3.8) is 0 Å². The Kier molecular flexibility index (Phi) is 6.04.